The van der Waals surface area contributed by atoms with E-state index in [4.69, 9.17) is 5.73 Å². The van der Waals surface area contributed by atoms with E-state index in [0.29, 0.717) is 4.47 Å². The zero-order valence-corrected chi connectivity index (χ0v) is 11.6. The van der Waals surface area contributed by atoms with Gasteiger partial charge >= 0.3 is 0 Å². The molecule has 0 bridgehead atoms. The number of rotatable bonds is 4. The minimum Gasteiger partial charge on any atom is -0.329 e. The molecule has 0 saturated carbocycles. The van der Waals surface area contributed by atoms with Crippen LogP contribution in [0.15, 0.2) is 27.6 Å². The van der Waals surface area contributed by atoms with Crippen molar-refractivity contribution in [2.75, 3.05) is 6.54 Å². The number of nitrogens with one attached hydrogen (secondary N) is 1. The highest BCUT2D eigenvalue weighted by atomic mass is 79.9. The molecule has 0 amide bonds. The van der Waals surface area contributed by atoms with Gasteiger partial charge in [-0.25, -0.2) is 13.1 Å². The molecule has 3 N–H and O–H groups in total. The van der Waals surface area contributed by atoms with Gasteiger partial charge in [-0.3, -0.25) is 0 Å². The predicted octanol–water partition coefficient (Wildman–Crippen LogP) is 1.38. The summed E-state index contributed by atoms with van der Waals surface area (Å²) in [7, 11) is -3.50. The second-order valence-corrected chi connectivity index (χ2v) is 6.23. The number of hydrogen-bond donors (Lipinski definition) is 2. The maximum atomic E-state index is 11.9. The largest absolute Gasteiger partial charge is 0.329 e. The first-order chi connectivity index (χ1) is 7.36. The van der Waals surface area contributed by atoms with E-state index < -0.39 is 10.0 Å². The van der Waals surface area contributed by atoms with Crippen LogP contribution < -0.4 is 10.5 Å². The van der Waals surface area contributed by atoms with E-state index in [1.165, 1.54) is 0 Å². The molecule has 0 fully saturated rings. The van der Waals surface area contributed by atoms with Gasteiger partial charge in [-0.15, -0.1) is 0 Å². The molecule has 0 heterocycles. The molecule has 0 unspecified atom stereocenters. The van der Waals surface area contributed by atoms with Gasteiger partial charge in [0.2, 0.25) is 10.0 Å². The molecule has 0 saturated heterocycles. The third-order valence-electron chi connectivity index (χ3n) is 2.09. The topological polar surface area (TPSA) is 72.2 Å². The van der Waals surface area contributed by atoms with Crippen molar-refractivity contribution in [3.05, 3.63) is 28.2 Å². The molecule has 0 radical (unpaired) electrons. The Morgan fingerprint density at radius 1 is 1.50 bits per heavy atom. The lowest BCUT2D eigenvalue weighted by atomic mass is 10.2. The number of hydrogen-bond acceptors (Lipinski definition) is 3. The molecule has 1 aromatic rings. The Labute approximate surface area is 104 Å². The smallest absolute Gasteiger partial charge is 0.241 e. The van der Waals surface area contributed by atoms with Crippen molar-refractivity contribution >= 4 is 26.0 Å². The van der Waals surface area contributed by atoms with Crippen LogP contribution in [0.4, 0.5) is 0 Å². The highest BCUT2D eigenvalue weighted by Crippen LogP contribution is 2.22. The average molecular weight is 307 g/mol. The summed E-state index contributed by atoms with van der Waals surface area (Å²) >= 11 is 3.24. The number of benzene rings is 1. The number of halogens is 1. The normalized spacial score (nSPS) is 13.8. The molecule has 0 aliphatic carbocycles. The van der Waals surface area contributed by atoms with Crippen LogP contribution in [-0.2, 0) is 10.0 Å². The molecule has 1 aromatic carbocycles. The standard InChI is InChI=1S/C10H15BrN2O2S/c1-7-3-4-10(9(11)5-7)16(14,15)13-8(2)6-12/h3-5,8,13H,6,12H2,1-2H3/t8-/m0/s1. The van der Waals surface area contributed by atoms with Crippen LogP contribution >= 0.6 is 15.9 Å². The summed E-state index contributed by atoms with van der Waals surface area (Å²) in [5.74, 6) is 0. The van der Waals surface area contributed by atoms with Gasteiger partial charge < -0.3 is 5.73 Å². The van der Waals surface area contributed by atoms with E-state index in [1.807, 2.05) is 6.92 Å². The Bertz CT molecular complexity index is 474. The molecule has 1 atom stereocenters. The van der Waals surface area contributed by atoms with Crippen molar-refractivity contribution in [1.82, 2.24) is 4.72 Å². The first-order valence-corrected chi connectivity index (χ1v) is 7.13. The fourth-order valence-corrected chi connectivity index (χ4v) is 3.65. The van der Waals surface area contributed by atoms with Crippen molar-refractivity contribution in [1.29, 1.82) is 0 Å². The fourth-order valence-electron chi connectivity index (χ4n) is 1.20. The maximum absolute atomic E-state index is 11.9. The van der Waals surface area contributed by atoms with Crippen molar-refractivity contribution < 1.29 is 8.42 Å². The number of sulfonamides is 1. The third kappa shape index (κ3) is 3.28. The van der Waals surface area contributed by atoms with Gasteiger partial charge in [0.05, 0.1) is 4.90 Å². The van der Waals surface area contributed by atoms with Gasteiger partial charge in [-0.05, 0) is 47.5 Å². The summed E-state index contributed by atoms with van der Waals surface area (Å²) in [5, 5.41) is 0. The molecule has 16 heavy (non-hydrogen) atoms. The Hall–Kier alpha value is -0.430. The van der Waals surface area contributed by atoms with Gasteiger partial charge in [-0.1, -0.05) is 6.07 Å². The molecule has 0 aromatic heterocycles. The van der Waals surface area contributed by atoms with Crippen LogP contribution in [0.1, 0.15) is 12.5 Å². The Kier molecular flexibility index (Phi) is 4.49. The van der Waals surface area contributed by atoms with Crippen LogP contribution in [0.3, 0.4) is 0 Å². The zero-order valence-electron chi connectivity index (χ0n) is 9.20. The summed E-state index contributed by atoms with van der Waals surface area (Å²) < 4.78 is 26.9. The van der Waals surface area contributed by atoms with E-state index in [2.05, 4.69) is 20.7 Å². The van der Waals surface area contributed by atoms with Gasteiger partial charge in [0.1, 0.15) is 0 Å². The van der Waals surface area contributed by atoms with E-state index in [-0.39, 0.29) is 17.5 Å². The predicted molar refractivity (Wildman–Crippen MR) is 67.7 cm³/mol. The lowest BCUT2D eigenvalue weighted by molar-refractivity contribution is 0.562. The molecule has 6 heteroatoms. The van der Waals surface area contributed by atoms with Crippen LogP contribution in [0, 0.1) is 6.92 Å². The highest BCUT2D eigenvalue weighted by molar-refractivity contribution is 9.10. The summed E-state index contributed by atoms with van der Waals surface area (Å²) in [4.78, 5) is 0.235. The molecular weight excluding hydrogens is 292 g/mol. The Morgan fingerprint density at radius 2 is 2.12 bits per heavy atom. The summed E-state index contributed by atoms with van der Waals surface area (Å²) in [5.41, 5.74) is 6.38. The first-order valence-electron chi connectivity index (χ1n) is 4.85. The van der Waals surface area contributed by atoms with E-state index in [1.54, 1.807) is 25.1 Å². The molecule has 1 rings (SSSR count). The summed E-state index contributed by atoms with van der Waals surface area (Å²) in [6.45, 7) is 3.89. The number of nitrogens with two attached hydrogens (primary N) is 1. The monoisotopic (exact) mass is 306 g/mol. The van der Waals surface area contributed by atoms with E-state index in [9.17, 15) is 8.42 Å². The SMILES string of the molecule is Cc1ccc(S(=O)(=O)N[C@@H](C)CN)c(Br)c1. The van der Waals surface area contributed by atoms with Crippen molar-refractivity contribution in [3.8, 4) is 0 Å². The van der Waals surface area contributed by atoms with Gasteiger partial charge in [0.15, 0.2) is 0 Å². The highest BCUT2D eigenvalue weighted by Gasteiger charge is 2.19. The molecule has 0 aliphatic heterocycles. The summed E-state index contributed by atoms with van der Waals surface area (Å²) in [6, 6.07) is 4.82. The average Bonchev–Trinajstić information content (AvgIpc) is 2.16. The third-order valence-corrected chi connectivity index (χ3v) is 4.65. The fraction of sp³-hybridized carbons (Fsp3) is 0.400. The molecule has 0 aliphatic rings. The lowest BCUT2D eigenvalue weighted by Crippen LogP contribution is -2.37. The van der Waals surface area contributed by atoms with E-state index in [0.717, 1.165) is 5.56 Å². The zero-order chi connectivity index (χ0) is 12.3. The minimum absolute atomic E-state index is 0.235. The van der Waals surface area contributed by atoms with Gasteiger partial charge in [0.25, 0.3) is 0 Å². The van der Waals surface area contributed by atoms with Crippen molar-refractivity contribution in [2.45, 2.75) is 24.8 Å². The Morgan fingerprint density at radius 3 is 2.62 bits per heavy atom. The summed E-state index contributed by atoms with van der Waals surface area (Å²) in [6.07, 6.45) is 0. The molecule has 0 spiro atoms. The van der Waals surface area contributed by atoms with Crippen molar-refractivity contribution in [2.24, 2.45) is 5.73 Å². The second-order valence-electron chi connectivity index (χ2n) is 3.69. The first kappa shape index (κ1) is 13.6. The minimum atomic E-state index is -3.50. The van der Waals surface area contributed by atoms with Gasteiger partial charge in [-0.2, -0.15) is 0 Å². The van der Waals surface area contributed by atoms with Crippen LogP contribution in [0.25, 0.3) is 0 Å². The maximum Gasteiger partial charge on any atom is 0.241 e. The van der Waals surface area contributed by atoms with E-state index >= 15 is 0 Å². The van der Waals surface area contributed by atoms with Crippen LogP contribution in [0.2, 0.25) is 0 Å². The van der Waals surface area contributed by atoms with Crippen molar-refractivity contribution in [3.63, 3.8) is 0 Å². The molecule has 90 valence electrons. The van der Waals surface area contributed by atoms with Crippen LogP contribution in [0.5, 0.6) is 0 Å². The van der Waals surface area contributed by atoms with Gasteiger partial charge in [0, 0.05) is 17.1 Å². The quantitative estimate of drug-likeness (QED) is 0.883. The molecular formula is C10H15BrN2O2S. The lowest BCUT2D eigenvalue weighted by Gasteiger charge is -2.13. The Balaban J connectivity index is 3.08. The number of aryl methyl sites for hydroxylation is 1. The molecule has 4 nitrogen and oxygen atoms in total. The van der Waals surface area contributed by atoms with Crippen LogP contribution in [-0.4, -0.2) is 21.0 Å². The second kappa shape index (κ2) is 5.27.